The van der Waals surface area contributed by atoms with E-state index in [0.29, 0.717) is 69.9 Å². The molecule has 0 saturated carbocycles. The topological polar surface area (TPSA) is 311 Å². The molecule has 8 heterocycles. The number of carbonyl (C=O) groups excluding carboxylic acids is 5. The van der Waals surface area contributed by atoms with Gasteiger partial charge in [-0.15, -0.1) is 56.4 Å². The Labute approximate surface area is 406 Å². The second kappa shape index (κ2) is 21.0. The van der Waals surface area contributed by atoms with Crippen molar-refractivity contribution < 1.29 is 33.9 Å². The monoisotopic (exact) mass is 1030 g/mol. The number of carboxylic acid groups (broad SMARTS) is 1. The van der Waals surface area contributed by atoms with Crippen LogP contribution in [-0.4, -0.2) is 198 Å². The van der Waals surface area contributed by atoms with E-state index in [9.17, 15) is 33.9 Å². The molecule has 0 bridgehead atoms. The van der Waals surface area contributed by atoms with Crippen LogP contribution < -0.4 is 21.7 Å². The Bertz CT molecular complexity index is 2610. The Balaban J connectivity index is 0.900. The number of aromatic nitrogens is 10. The lowest BCUT2D eigenvalue weighted by Gasteiger charge is -2.51. The second-order valence-corrected chi connectivity index (χ2v) is 21.6. The van der Waals surface area contributed by atoms with E-state index in [0.717, 1.165) is 11.3 Å². The van der Waals surface area contributed by atoms with Gasteiger partial charge in [0.2, 0.25) is 28.0 Å². The maximum Gasteiger partial charge on any atom is 0.330 e. The Morgan fingerprint density at radius 1 is 0.836 bits per heavy atom. The van der Waals surface area contributed by atoms with Crippen LogP contribution in [-0.2, 0) is 54.7 Å². The Morgan fingerprint density at radius 2 is 1.43 bits per heavy atom. The molecule has 8 rings (SSSR count). The second-order valence-electron chi connectivity index (χ2n) is 15.8. The summed E-state index contributed by atoms with van der Waals surface area (Å²) in [6.07, 6.45) is -0.296. The van der Waals surface area contributed by atoms with Gasteiger partial charge in [0.15, 0.2) is 16.3 Å². The highest BCUT2D eigenvalue weighted by atomic mass is 32.2. The average Bonchev–Trinajstić information content (AvgIpc) is 4.13. The number of carbonyl (C=O) groups is 6. The van der Waals surface area contributed by atoms with Crippen LogP contribution in [0.3, 0.4) is 0 Å². The molecular weight excluding hydrogens is 989 g/mol. The van der Waals surface area contributed by atoms with Gasteiger partial charge in [-0.3, -0.25) is 34.2 Å². The lowest BCUT2D eigenvalue weighted by Crippen LogP contribution is -2.74. The Kier molecular flexibility index (Phi) is 15.1. The molecule has 4 aromatic rings. The third-order valence-corrected chi connectivity index (χ3v) is 16.6. The molecule has 2 saturated heterocycles. The number of anilines is 2. The number of nitrogens with one attached hydrogen (secondary N) is 3. The number of nitrogen functional groups attached to an aromatic ring is 1. The predicted octanol–water partition coefficient (Wildman–Crippen LogP) is -1.02. The summed E-state index contributed by atoms with van der Waals surface area (Å²) in [5.74, 6) is -2.85. The standard InChI is InChI=1S/C36H44N18O7S6/c1-49(2)5-7-51-35(43-45-47-51)66-13-17-11-62-30-23(40-21(55)9-19-15-64-33(37)38-19)28(58)53(30)25(17)27(57)42-34-39-20(16-65-34)10-22(56)41-24-29(59)54-26(32(60)61)18(12-63-31(24)54)14-67-36-44-46-48-52(36)8-6-50(3)4/h12,15-16,23-24,26,30-31H,5-11,13-14H2,1-4H3,(H2,37,38)(H,40,55)(H,41,56)(H,60,61)(H,39,42,57)/t23-,24-,26?,30-,31-/m1/s1. The molecule has 0 radical (unpaired) electrons. The number of hydrogen-bond donors (Lipinski definition) is 5. The number of nitrogens with zero attached hydrogens (tertiary/aromatic N) is 14. The molecule has 67 heavy (non-hydrogen) atoms. The summed E-state index contributed by atoms with van der Waals surface area (Å²) in [5, 5.41) is 47.7. The summed E-state index contributed by atoms with van der Waals surface area (Å²) in [7, 11) is 7.74. The molecule has 0 aromatic carbocycles. The highest BCUT2D eigenvalue weighted by molar-refractivity contribution is 8.03. The van der Waals surface area contributed by atoms with Gasteiger partial charge < -0.3 is 36.2 Å². The summed E-state index contributed by atoms with van der Waals surface area (Å²) < 4.78 is 3.31. The number of β-lactam (4-membered cyclic amide) rings is 2. The van der Waals surface area contributed by atoms with E-state index in [4.69, 9.17) is 5.73 Å². The molecule has 31 heteroatoms. The number of hydrogen-bond acceptors (Lipinski definition) is 23. The minimum Gasteiger partial charge on any atom is -0.479 e. The van der Waals surface area contributed by atoms with E-state index in [-0.39, 0.29) is 35.2 Å². The summed E-state index contributed by atoms with van der Waals surface area (Å²) in [6.45, 7) is 2.48. The van der Waals surface area contributed by atoms with E-state index >= 15 is 0 Å². The number of amides is 5. The number of aliphatic carboxylic acids is 1. The van der Waals surface area contributed by atoms with Crippen molar-refractivity contribution in [2.24, 2.45) is 0 Å². The molecule has 25 nitrogen and oxygen atoms in total. The van der Waals surface area contributed by atoms with Crippen LogP contribution in [0.4, 0.5) is 10.3 Å². The first-order valence-electron chi connectivity index (χ1n) is 20.3. The van der Waals surface area contributed by atoms with Crippen molar-refractivity contribution in [2.45, 2.75) is 65.1 Å². The van der Waals surface area contributed by atoms with Crippen molar-refractivity contribution in [2.75, 3.05) is 69.6 Å². The molecular formula is C36H44N18O7S6. The number of nitrogens with two attached hydrogens (primary N) is 1. The summed E-state index contributed by atoms with van der Waals surface area (Å²) >= 11 is 7.54. The Morgan fingerprint density at radius 3 is 2.03 bits per heavy atom. The summed E-state index contributed by atoms with van der Waals surface area (Å²) in [6, 6.07) is -3.07. The van der Waals surface area contributed by atoms with Crippen LogP contribution in [0.5, 0.6) is 0 Å². The number of rotatable bonds is 21. The van der Waals surface area contributed by atoms with Gasteiger partial charge in [0.1, 0.15) is 28.5 Å². The van der Waals surface area contributed by atoms with Crippen molar-refractivity contribution in [1.29, 1.82) is 0 Å². The molecule has 5 amide bonds. The number of carboxylic acids is 1. The van der Waals surface area contributed by atoms with Gasteiger partial charge in [-0.25, -0.2) is 24.1 Å². The van der Waals surface area contributed by atoms with Crippen LogP contribution in [0.1, 0.15) is 11.4 Å². The fourth-order valence-corrected chi connectivity index (χ4v) is 13.1. The minimum absolute atomic E-state index is 0.0616. The van der Waals surface area contributed by atoms with Crippen molar-refractivity contribution in [1.82, 2.24) is 80.6 Å². The van der Waals surface area contributed by atoms with E-state index in [1.54, 1.807) is 25.5 Å². The fraction of sp³-hybridized carbons (Fsp3) is 0.500. The number of tetrazole rings is 2. The average molecular weight is 1030 g/mol. The highest BCUT2D eigenvalue weighted by Crippen LogP contribution is 2.43. The maximum absolute atomic E-state index is 14.2. The summed E-state index contributed by atoms with van der Waals surface area (Å²) in [5.41, 5.74) is 7.77. The van der Waals surface area contributed by atoms with Crippen LogP contribution in [0.25, 0.3) is 0 Å². The normalized spacial score (nSPS) is 21.2. The van der Waals surface area contributed by atoms with Crippen molar-refractivity contribution in [3.63, 3.8) is 0 Å². The lowest BCUT2D eigenvalue weighted by atomic mass is 9.98. The molecule has 356 valence electrons. The van der Waals surface area contributed by atoms with E-state index < -0.39 is 64.4 Å². The minimum atomic E-state index is -1.22. The van der Waals surface area contributed by atoms with Crippen LogP contribution in [0.15, 0.2) is 43.3 Å². The first-order chi connectivity index (χ1) is 32.1. The van der Waals surface area contributed by atoms with E-state index in [2.05, 4.69) is 57.0 Å². The zero-order valence-corrected chi connectivity index (χ0v) is 41.1. The SMILES string of the molecule is CN(C)CCn1nnnc1SCC1=CS[C@@H]2[C@H](NC(=O)Cc3csc(NC(=O)C4=C(CSc5nnnn5CCN(C)C)CS[C@@H]5[C@H](NC(=O)Cc6csc(N)n6)C(=O)N45)n3)C(=O)N2C1C(=O)O. The fourth-order valence-electron chi connectivity index (χ4n) is 7.19. The molecule has 2 fully saturated rings. The van der Waals surface area contributed by atoms with E-state index in [1.165, 1.54) is 68.2 Å². The van der Waals surface area contributed by atoms with Crippen LogP contribution in [0, 0.1) is 0 Å². The van der Waals surface area contributed by atoms with Gasteiger partial charge in [-0.1, -0.05) is 23.5 Å². The third kappa shape index (κ3) is 10.9. The van der Waals surface area contributed by atoms with Gasteiger partial charge in [0.25, 0.3) is 11.8 Å². The molecule has 6 N–H and O–H groups in total. The van der Waals surface area contributed by atoms with Crippen LogP contribution >= 0.6 is 69.7 Å². The van der Waals surface area contributed by atoms with Gasteiger partial charge in [-0.05, 0) is 65.6 Å². The molecule has 5 atom stereocenters. The lowest BCUT2D eigenvalue weighted by molar-refractivity contribution is -0.160. The third-order valence-electron chi connectivity index (χ3n) is 10.5. The Hall–Kier alpha value is -5.18. The van der Waals surface area contributed by atoms with Gasteiger partial charge in [0, 0.05) is 41.1 Å². The molecule has 0 spiro atoms. The number of thioether (sulfide) groups is 4. The molecule has 1 unspecified atom stereocenters. The molecule has 0 aliphatic carbocycles. The summed E-state index contributed by atoms with van der Waals surface area (Å²) in [4.78, 5) is 95.3. The first kappa shape index (κ1) is 48.3. The largest absolute Gasteiger partial charge is 0.479 e. The zero-order valence-electron chi connectivity index (χ0n) is 36.2. The van der Waals surface area contributed by atoms with Gasteiger partial charge >= 0.3 is 5.97 Å². The molecule has 4 aliphatic heterocycles. The maximum atomic E-state index is 14.2. The number of thiazole rings is 2. The quantitative estimate of drug-likeness (QED) is 0.0493. The van der Waals surface area contributed by atoms with Gasteiger partial charge in [0.05, 0.1) is 37.3 Å². The van der Waals surface area contributed by atoms with Gasteiger partial charge in [-0.2, -0.15) is 0 Å². The molecule has 4 aliphatic rings. The van der Waals surface area contributed by atoms with Crippen LogP contribution in [0.2, 0.25) is 0 Å². The predicted molar refractivity (Wildman–Crippen MR) is 251 cm³/mol. The number of likely N-dealkylation sites (N-methyl/N-ethyl adjacent to an activating group) is 2. The number of fused-ring (bicyclic) bond motifs is 2. The van der Waals surface area contributed by atoms with Crippen molar-refractivity contribution >= 4 is 115 Å². The first-order valence-corrected chi connectivity index (χ1v) is 26.0. The highest BCUT2D eigenvalue weighted by Gasteiger charge is 2.56. The van der Waals surface area contributed by atoms with E-state index in [1.807, 2.05) is 38.0 Å². The molecule has 4 aromatic heterocycles. The zero-order chi connectivity index (χ0) is 47.5. The van der Waals surface area contributed by atoms with Crippen molar-refractivity contribution in [3.8, 4) is 0 Å². The smallest absolute Gasteiger partial charge is 0.330 e. The van der Waals surface area contributed by atoms with Crippen molar-refractivity contribution in [3.05, 3.63) is 44.4 Å².